The maximum Gasteiger partial charge on any atom is 0.185 e. The van der Waals surface area contributed by atoms with E-state index in [4.69, 9.17) is 0 Å². The Morgan fingerprint density at radius 1 is 0.684 bits per heavy atom. The summed E-state index contributed by atoms with van der Waals surface area (Å²) in [5.74, 6) is 1.02. The van der Waals surface area contributed by atoms with Crippen LogP contribution in [0.2, 0.25) is 0 Å². The molecule has 0 spiro atoms. The van der Waals surface area contributed by atoms with Crippen LogP contribution in [0.25, 0.3) is 0 Å². The zero-order valence-electron chi connectivity index (χ0n) is 13.2. The number of unbranched alkanes of at least 4 members (excludes halogenated alkanes) is 12. The SMILES string of the molecule is CCCCCCCCCCCCCCCSC(C)=O. The molecule has 0 amide bonds. The number of thioether (sulfide) groups is 1. The standard InChI is InChI=1S/C17H34OS/c1-3-4-5-6-7-8-9-10-11-12-13-14-15-16-19-17(2)18/h3-16H2,1-2H3. The third kappa shape index (κ3) is 18.0. The van der Waals surface area contributed by atoms with E-state index >= 15 is 0 Å². The number of hydrogen-bond acceptors (Lipinski definition) is 2. The van der Waals surface area contributed by atoms with Crippen molar-refractivity contribution >= 4 is 16.9 Å². The van der Waals surface area contributed by atoms with Crippen molar-refractivity contribution in [1.82, 2.24) is 0 Å². The Labute approximate surface area is 125 Å². The zero-order chi connectivity index (χ0) is 14.2. The maximum absolute atomic E-state index is 10.7. The highest BCUT2D eigenvalue weighted by molar-refractivity contribution is 8.13. The fourth-order valence-corrected chi connectivity index (χ4v) is 2.97. The van der Waals surface area contributed by atoms with E-state index in [0.29, 0.717) is 0 Å². The normalized spacial score (nSPS) is 10.8. The van der Waals surface area contributed by atoms with Gasteiger partial charge in [0.1, 0.15) is 0 Å². The van der Waals surface area contributed by atoms with E-state index in [-0.39, 0.29) is 5.12 Å². The van der Waals surface area contributed by atoms with Crippen LogP contribution in [0, 0.1) is 0 Å². The molecule has 0 aromatic rings. The molecule has 0 aliphatic rings. The summed E-state index contributed by atoms with van der Waals surface area (Å²) in [4.78, 5) is 10.7. The highest BCUT2D eigenvalue weighted by atomic mass is 32.2. The number of carbonyl (C=O) groups is 1. The van der Waals surface area contributed by atoms with E-state index in [1.807, 2.05) is 0 Å². The van der Waals surface area contributed by atoms with Gasteiger partial charge in [-0.25, -0.2) is 0 Å². The van der Waals surface area contributed by atoms with Gasteiger partial charge in [0.25, 0.3) is 0 Å². The minimum Gasteiger partial charge on any atom is -0.288 e. The van der Waals surface area contributed by atoms with Gasteiger partial charge in [0.2, 0.25) is 0 Å². The lowest BCUT2D eigenvalue weighted by Gasteiger charge is -2.02. The minimum atomic E-state index is 0.263. The van der Waals surface area contributed by atoms with Crippen molar-refractivity contribution in [2.75, 3.05) is 5.75 Å². The van der Waals surface area contributed by atoms with Crippen LogP contribution in [0.3, 0.4) is 0 Å². The van der Waals surface area contributed by atoms with Gasteiger partial charge in [0, 0.05) is 12.7 Å². The van der Waals surface area contributed by atoms with Crippen LogP contribution in [0.4, 0.5) is 0 Å². The number of carbonyl (C=O) groups excluding carboxylic acids is 1. The van der Waals surface area contributed by atoms with Crippen LogP contribution in [-0.2, 0) is 4.79 Å². The van der Waals surface area contributed by atoms with Crippen LogP contribution in [0.15, 0.2) is 0 Å². The molecule has 0 aliphatic carbocycles. The Kier molecular flexibility index (Phi) is 16.1. The van der Waals surface area contributed by atoms with Gasteiger partial charge in [-0.2, -0.15) is 0 Å². The Balaban J connectivity index is 2.93. The molecule has 0 saturated carbocycles. The summed E-state index contributed by atoms with van der Waals surface area (Å²) in [6.45, 7) is 3.94. The van der Waals surface area contributed by atoms with Gasteiger partial charge < -0.3 is 0 Å². The van der Waals surface area contributed by atoms with E-state index in [1.54, 1.807) is 6.92 Å². The average Bonchev–Trinajstić information content (AvgIpc) is 2.39. The molecule has 0 bridgehead atoms. The molecule has 0 fully saturated rings. The monoisotopic (exact) mass is 286 g/mol. The lowest BCUT2D eigenvalue weighted by molar-refractivity contribution is -0.109. The first-order valence-electron chi connectivity index (χ1n) is 8.40. The van der Waals surface area contributed by atoms with Crippen molar-refractivity contribution in [3.8, 4) is 0 Å². The second-order valence-corrected chi connectivity index (χ2v) is 6.85. The van der Waals surface area contributed by atoms with Crippen molar-refractivity contribution in [3.05, 3.63) is 0 Å². The van der Waals surface area contributed by atoms with Crippen LogP contribution in [0.1, 0.15) is 97.3 Å². The average molecular weight is 287 g/mol. The summed E-state index contributed by atoms with van der Waals surface area (Å²) < 4.78 is 0. The molecule has 114 valence electrons. The molecule has 0 rings (SSSR count). The van der Waals surface area contributed by atoms with Gasteiger partial charge in [0.15, 0.2) is 5.12 Å². The summed E-state index contributed by atoms with van der Waals surface area (Å²) in [6, 6.07) is 0. The molecule has 2 heteroatoms. The first-order valence-corrected chi connectivity index (χ1v) is 9.39. The Bertz CT molecular complexity index is 192. The van der Waals surface area contributed by atoms with Crippen molar-refractivity contribution in [1.29, 1.82) is 0 Å². The molecule has 1 nitrogen and oxygen atoms in total. The lowest BCUT2D eigenvalue weighted by Crippen LogP contribution is -1.87. The molecule has 0 aromatic heterocycles. The molecule has 19 heavy (non-hydrogen) atoms. The van der Waals surface area contributed by atoms with Gasteiger partial charge in [-0.1, -0.05) is 95.7 Å². The van der Waals surface area contributed by atoms with Gasteiger partial charge in [-0.15, -0.1) is 0 Å². The van der Waals surface area contributed by atoms with Gasteiger partial charge in [-0.3, -0.25) is 4.79 Å². The molecule has 0 unspecified atom stereocenters. The predicted octanol–water partition coefficient (Wildman–Crippen LogP) is 6.36. The van der Waals surface area contributed by atoms with Gasteiger partial charge in [0.05, 0.1) is 0 Å². The molecule has 0 saturated heterocycles. The molecule has 0 aliphatic heterocycles. The number of rotatable bonds is 14. The second kappa shape index (κ2) is 16.1. The van der Waals surface area contributed by atoms with Crippen molar-refractivity contribution < 1.29 is 4.79 Å². The predicted molar refractivity (Wildman–Crippen MR) is 88.8 cm³/mol. The topological polar surface area (TPSA) is 17.1 Å². The lowest BCUT2D eigenvalue weighted by atomic mass is 10.1. The molecule has 0 N–H and O–H groups in total. The van der Waals surface area contributed by atoms with Gasteiger partial charge >= 0.3 is 0 Å². The molecular weight excluding hydrogens is 252 g/mol. The molecular formula is C17H34OS. The van der Waals surface area contributed by atoms with E-state index < -0.39 is 0 Å². The van der Waals surface area contributed by atoms with E-state index in [2.05, 4.69) is 6.92 Å². The Morgan fingerprint density at radius 3 is 1.42 bits per heavy atom. The smallest absolute Gasteiger partial charge is 0.185 e. The second-order valence-electron chi connectivity index (χ2n) is 5.58. The summed E-state index contributed by atoms with van der Waals surface area (Å²) in [5.41, 5.74) is 0. The molecule has 0 radical (unpaired) electrons. The fraction of sp³-hybridized carbons (Fsp3) is 0.941. The zero-order valence-corrected chi connectivity index (χ0v) is 14.0. The number of hydrogen-bond donors (Lipinski definition) is 0. The fourth-order valence-electron chi connectivity index (χ4n) is 2.34. The van der Waals surface area contributed by atoms with Crippen molar-refractivity contribution in [2.24, 2.45) is 0 Å². The van der Waals surface area contributed by atoms with Crippen molar-refractivity contribution in [2.45, 2.75) is 97.3 Å². The van der Waals surface area contributed by atoms with E-state index in [0.717, 1.165) is 5.75 Å². The molecule has 0 aromatic carbocycles. The van der Waals surface area contributed by atoms with Crippen LogP contribution < -0.4 is 0 Å². The summed E-state index contributed by atoms with van der Waals surface area (Å²) in [6.07, 6.45) is 18.1. The van der Waals surface area contributed by atoms with Gasteiger partial charge in [-0.05, 0) is 6.42 Å². The highest BCUT2D eigenvalue weighted by Crippen LogP contribution is 2.13. The van der Waals surface area contributed by atoms with Crippen molar-refractivity contribution in [3.63, 3.8) is 0 Å². The molecule has 0 heterocycles. The first kappa shape index (κ1) is 19.0. The van der Waals surface area contributed by atoms with Crippen LogP contribution in [-0.4, -0.2) is 10.9 Å². The third-order valence-electron chi connectivity index (χ3n) is 3.55. The summed E-state index contributed by atoms with van der Waals surface area (Å²) >= 11 is 1.48. The highest BCUT2D eigenvalue weighted by Gasteiger charge is 1.95. The minimum absolute atomic E-state index is 0.263. The summed E-state index contributed by atoms with van der Waals surface area (Å²) in [7, 11) is 0. The third-order valence-corrected chi connectivity index (χ3v) is 4.45. The maximum atomic E-state index is 10.7. The summed E-state index contributed by atoms with van der Waals surface area (Å²) in [5, 5.41) is 0.263. The van der Waals surface area contributed by atoms with Crippen LogP contribution in [0.5, 0.6) is 0 Å². The quantitative estimate of drug-likeness (QED) is 0.346. The van der Waals surface area contributed by atoms with E-state index in [9.17, 15) is 4.79 Å². The van der Waals surface area contributed by atoms with E-state index in [1.165, 1.54) is 95.2 Å². The molecule has 0 atom stereocenters. The van der Waals surface area contributed by atoms with Crippen LogP contribution >= 0.6 is 11.8 Å². The Hall–Kier alpha value is 0.0200. The first-order chi connectivity index (χ1) is 9.27. The largest absolute Gasteiger partial charge is 0.288 e. The Morgan fingerprint density at radius 2 is 1.05 bits per heavy atom.